The van der Waals surface area contributed by atoms with Crippen molar-refractivity contribution in [3.8, 4) is 0 Å². The first-order valence-corrected chi connectivity index (χ1v) is 8.25. The Morgan fingerprint density at radius 2 is 1.65 bits per heavy atom. The van der Waals surface area contributed by atoms with Gasteiger partial charge in [-0.05, 0) is 50.0 Å². The molecule has 0 saturated heterocycles. The quantitative estimate of drug-likeness (QED) is 0.878. The van der Waals surface area contributed by atoms with E-state index in [0.717, 1.165) is 12.8 Å². The van der Waals surface area contributed by atoms with Crippen molar-refractivity contribution in [2.24, 2.45) is 0 Å². The van der Waals surface area contributed by atoms with Crippen molar-refractivity contribution in [1.29, 1.82) is 0 Å². The highest BCUT2D eigenvalue weighted by molar-refractivity contribution is 5.20. The summed E-state index contributed by atoms with van der Waals surface area (Å²) in [5.74, 6) is 0.682. The predicted molar refractivity (Wildman–Crippen MR) is 82.9 cm³/mol. The predicted octanol–water partition coefficient (Wildman–Crippen LogP) is 3.61. The van der Waals surface area contributed by atoms with E-state index in [9.17, 15) is 5.11 Å². The second-order valence-electron chi connectivity index (χ2n) is 6.75. The van der Waals surface area contributed by atoms with Crippen LogP contribution in [0.25, 0.3) is 0 Å². The molecule has 2 fully saturated rings. The minimum atomic E-state index is 0.000285. The molecule has 0 radical (unpaired) electrons. The Hall–Kier alpha value is -0.860. The molecule has 3 rings (SSSR count). The number of aliphatic hydroxyl groups excluding tert-OH is 1. The third-order valence-corrected chi connectivity index (χ3v) is 5.38. The summed E-state index contributed by atoms with van der Waals surface area (Å²) < 4.78 is 0. The molecule has 0 aliphatic heterocycles. The van der Waals surface area contributed by atoms with Crippen LogP contribution in [0, 0.1) is 0 Å². The van der Waals surface area contributed by atoms with Gasteiger partial charge in [-0.3, -0.25) is 0 Å². The fourth-order valence-corrected chi connectivity index (χ4v) is 4.08. The van der Waals surface area contributed by atoms with Gasteiger partial charge in [-0.2, -0.15) is 0 Å². The summed E-state index contributed by atoms with van der Waals surface area (Å²) in [5, 5.41) is 13.7. The van der Waals surface area contributed by atoms with Crippen molar-refractivity contribution in [2.45, 2.75) is 68.9 Å². The molecule has 2 aliphatic rings. The van der Waals surface area contributed by atoms with Gasteiger partial charge in [-0.15, -0.1) is 0 Å². The minimum Gasteiger partial charge on any atom is -0.394 e. The summed E-state index contributed by atoms with van der Waals surface area (Å²) in [6.45, 7) is 0.297. The molecule has 0 unspecified atom stereocenters. The molecule has 0 heterocycles. The highest BCUT2D eigenvalue weighted by Gasteiger charge is 2.37. The number of hydrogen-bond donors (Lipinski definition) is 2. The third kappa shape index (κ3) is 3.07. The standard InChI is InChI=1S/C18H27NO/c20-14-18(19-17-8-4-5-9-17)12-10-16(11-13-18)15-6-2-1-3-7-15/h1-3,6-7,16-17,19-20H,4-5,8-14H2. The lowest BCUT2D eigenvalue weighted by Crippen LogP contribution is -2.54. The van der Waals surface area contributed by atoms with E-state index in [0.29, 0.717) is 18.6 Å². The van der Waals surface area contributed by atoms with E-state index in [4.69, 9.17) is 0 Å². The molecular formula is C18H27NO. The molecule has 2 heteroatoms. The molecule has 2 aliphatic carbocycles. The van der Waals surface area contributed by atoms with E-state index < -0.39 is 0 Å². The van der Waals surface area contributed by atoms with Crippen molar-refractivity contribution in [3.05, 3.63) is 35.9 Å². The van der Waals surface area contributed by atoms with Crippen LogP contribution in [0.5, 0.6) is 0 Å². The highest BCUT2D eigenvalue weighted by Crippen LogP contribution is 2.38. The maximum atomic E-state index is 9.90. The van der Waals surface area contributed by atoms with E-state index >= 15 is 0 Å². The molecule has 0 aromatic heterocycles. The van der Waals surface area contributed by atoms with E-state index in [-0.39, 0.29) is 5.54 Å². The molecule has 0 atom stereocenters. The van der Waals surface area contributed by atoms with Crippen molar-refractivity contribution in [3.63, 3.8) is 0 Å². The zero-order valence-corrected chi connectivity index (χ0v) is 12.4. The molecule has 1 aromatic rings. The molecule has 20 heavy (non-hydrogen) atoms. The number of nitrogens with one attached hydrogen (secondary N) is 1. The topological polar surface area (TPSA) is 32.3 Å². The first kappa shape index (κ1) is 14.1. The van der Waals surface area contributed by atoms with Crippen molar-refractivity contribution in [2.75, 3.05) is 6.61 Å². The summed E-state index contributed by atoms with van der Waals surface area (Å²) in [5.41, 5.74) is 1.47. The van der Waals surface area contributed by atoms with Gasteiger partial charge in [0.25, 0.3) is 0 Å². The molecule has 0 spiro atoms. The Morgan fingerprint density at radius 1 is 1.00 bits per heavy atom. The Labute approximate surface area is 122 Å². The zero-order chi connectivity index (χ0) is 13.8. The van der Waals surface area contributed by atoms with E-state index in [2.05, 4.69) is 35.6 Å². The average molecular weight is 273 g/mol. The van der Waals surface area contributed by atoms with Gasteiger partial charge in [0, 0.05) is 11.6 Å². The smallest absolute Gasteiger partial charge is 0.0613 e. The van der Waals surface area contributed by atoms with Gasteiger partial charge in [-0.1, -0.05) is 43.2 Å². The molecule has 2 N–H and O–H groups in total. The fraction of sp³-hybridized carbons (Fsp3) is 0.667. The van der Waals surface area contributed by atoms with Crippen LogP contribution in [-0.4, -0.2) is 23.3 Å². The summed E-state index contributed by atoms with van der Waals surface area (Å²) >= 11 is 0. The summed E-state index contributed by atoms with van der Waals surface area (Å²) in [7, 11) is 0. The second-order valence-corrected chi connectivity index (χ2v) is 6.75. The van der Waals surface area contributed by atoms with Crippen LogP contribution in [0.2, 0.25) is 0 Å². The van der Waals surface area contributed by atoms with Gasteiger partial charge < -0.3 is 10.4 Å². The number of hydrogen-bond acceptors (Lipinski definition) is 2. The van der Waals surface area contributed by atoms with E-state index in [1.165, 1.54) is 44.1 Å². The SMILES string of the molecule is OCC1(NC2CCCC2)CCC(c2ccccc2)CC1. The lowest BCUT2D eigenvalue weighted by molar-refractivity contribution is 0.103. The van der Waals surface area contributed by atoms with Crippen LogP contribution in [0.3, 0.4) is 0 Å². The van der Waals surface area contributed by atoms with Gasteiger partial charge in [-0.25, -0.2) is 0 Å². The van der Waals surface area contributed by atoms with Gasteiger partial charge in [0.1, 0.15) is 0 Å². The van der Waals surface area contributed by atoms with Crippen LogP contribution < -0.4 is 5.32 Å². The minimum absolute atomic E-state index is 0.000285. The Morgan fingerprint density at radius 3 is 2.25 bits per heavy atom. The molecular weight excluding hydrogens is 246 g/mol. The maximum absolute atomic E-state index is 9.90. The monoisotopic (exact) mass is 273 g/mol. The lowest BCUT2D eigenvalue weighted by atomic mass is 9.74. The zero-order valence-electron chi connectivity index (χ0n) is 12.4. The normalized spacial score (nSPS) is 31.6. The summed E-state index contributed by atoms with van der Waals surface area (Å²) in [4.78, 5) is 0. The first-order chi connectivity index (χ1) is 9.81. The lowest BCUT2D eigenvalue weighted by Gasteiger charge is -2.42. The number of aliphatic hydroxyl groups is 1. The largest absolute Gasteiger partial charge is 0.394 e. The van der Waals surface area contributed by atoms with E-state index in [1.54, 1.807) is 0 Å². The van der Waals surface area contributed by atoms with Crippen LogP contribution in [-0.2, 0) is 0 Å². The van der Waals surface area contributed by atoms with Gasteiger partial charge in [0.05, 0.1) is 6.61 Å². The Kier molecular flexibility index (Phi) is 4.42. The third-order valence-electron chi connectivity index (χ3n) is 5.38. The van der Waals surface area contributed by atoms with Crippen molar-refractivity contribution in [1.82, 2.24) is 5.32 Å². The van der Waals surface area contributed by atoms with Crippen molar-refractivity contribution < 1.29 is 5.11 Å². The van der Waals surface area contributed by atoms with Crippen LogP contribution >= 0.6 is 0 Å². The summed E-state index contributed by atoms with van der Waals surface area (Å²) in [6, 6.07) is 11.5. The molecule has 110 valence electrons. The number of benzene rings is 1. The fourth-order valence-electron chi connectivity index (χ4n) is 4.08. The number of rotatable bonds is 4. The molecule has 2 nitrogen and oxygen atoms in total. The van der Waals surface area contributed by atoms with Crippen molar-refractivity contribution >= 4 is 0 Å². The Bertz CT molecular complexity index is 403. The van der Waals surface area contributed by atoms with Gasteiger partial charge in [0.2, 0.25) is 0 Å². The molecule has 0 bridgehead atoms. The second kappa shape index (κ2) is 6.28. The molecule has 0 amide bonds. The molecule has 2 saturated carbocycles. The first-order valence-electron chi connectivity index (χ1n) is 8.25. The highest BCUT2D eigenvalue weighted by atomic mass is 16.3. The van der Waals surface area contributed by atoms with Crippen LogP contribution in [0.1, 0.15) is 62.8 Å². The average Bonchev–Trinajstić information content (AvgIpc) is 3.02. The van der Waals surface area contributed by atoms with Crippen LogP contribution in [0.15, 0.2) is 30.3 Å². The molecule has 1 aromatic carbocycles. The maximum Gasteiger partial charge on any atom is 0.0613 e. The summed E-state index contributed by atoms with van der Waals surface area (Å²) in [6.07, 6.45) is 9.92. The van der Waals surface area contributed by atoms with E-state index in [1.807, 2.05) is 0 Å². The van der Waals surface area contributed by atoms with Crippen LogP contribution in [0.4, 0.5) is 0 Å². The van der Waals surface area contributed by atoms with Gasteiger partial charge in [0.15, 0.2) is 0 Å². The Balaban J connectivity index is 1.60. The van der Waals surface area contributed by atoms with Gasteiger partial charge >= 0.3 is 0 Å².